The topological polar surface area (TPSA) is 18.5 Å². The SMILES string of the molecule is C=Cc1ccccc1.CC(C)(C)[Si](C)(C)OCCCCC(CC=C1C=CC=C[CH-]1)c1ccccc1.[CH2-]CCO[Si](C)(C)C(C)(C)C.[Li+].[Li+]. The van der Waals surface area contributed by atoms with Gasteiger partial charge in [0.1, 0.15) is 0 Å². The fourth-order valence-corrected chi connectivity index (χ4v) is 6.36. The summed E-state index contributed by atoms with van der Waals surface area (Å²) >= 11 is 0. The summed E-state index contributed by atoms with van der Waals surface area (Å²) < 4.78 is 12.2. The molecule has 0 radical (unpaired) electrons. The largest absolute Gasteiger partial charge is 1.00 e. The Morgan fingerprint density at radius 2 is 1.29 bits per heavy atom. The minimum Gasteiger partial charge on any atom is -0.419 e. The molecule has 1 aliphatic carbocycles. The third-order valence-electron chi connectivity index (χ3n) is 9.37. The maximum atomic E-state index is 6.34. The van der Waals surface area contributed by atoms with E-state index in [-0.39, 0.29) is 37.7 Å². The molecule has 0 saturated heterocycles. The summed E-state index contributed by atoms with van der Waals surface area (Å²) in [6.45, 7) is 32.0. The van der Waals surface area contributed by atoms with Crippen molar-refractivity contribution in [1.29, 1.82) is 0 Å². The van der Waals surface area contributed by atoms with E-state index in [1.54, 1.807) is 0 Å². The standard InChI is InChI=1S/C25H37OSi.C9H21OSi.C8H8.2Li/c1-25(2,3)27(4,5)26-21-13-12-18-24(23-16-10-7-11-17-23)20-19-22-14-8-6-9-15-22;1-7-8-10-11(5,6)9(2,3)4;1-2-8-6-4-3-5-7-8;;/h6-11,14-17,19,24H,12-13,18,20-21H2,1-5H3;1,7-8H2,2-6H3;2-7H,1H2;;/q2*-1;;2*+1. The average molecular weight is 673 g/mol. The monoisotopic (exact) mass is 672 g/mol. The van der Waals surface area contributed by atoms with Gasteiger partial charge in [-0.2, -0.15) is 18.1 Å². The van der Waals surface area contributed by atoms with Crippen LogP contribution in [0.4, 0.5) is 0 Å². The van der Waals surface area contributed by atoms with Gasteiger partial charge in [0.15, 0.2) is 16.6 Å². The van der Waals surface area contributed by atoms with Crippen LogP contribution in [0.1, 0.15) is 90.7 Å². The molecular weight excluding hydrogens is 607 g/mol. The molecule has 0 saturated carbocycles. The molecule has 0 aliphatic heterocycles. The second kappa shape index (κ2) is 24.9. The Morgan fingerprint density at radius 3 is 1.73 bits per heavy atom. The molecule has 1 aliphatic rings. The van der Waals surface area contributed by atoms with Crippen molar-refractivity contribution in [3.63, 3.8) is 0 Å². The average Bonchev–Trinajstić information content (AvgIpc) is 3.02. The van der Waals surface area contributed by atoms with E-state index in [4.69, 9.17) is 8.85 Å². The van der Waals surface area contributed by atoms with Crippen LogP contribution in [0, 0.1) is 13.3 Å². The van der Waals surface area contributed by atoms with Crippen LogP contribution >= 0.6 is 0 Å². The summed E-state index contributed by atoms with van der Waals surface area (Å²) in [5.41, 5.74) is 3.95. The van der Waals surface area contributed by atoms with Crippen LogP contribution < -0.4 is 37.7 Å². The molecule has 2 aromatic carbocycles. The van der Waals surface area contributed by atoms with Gasteiger partial charge in [0.2, 0.25) is 0 Å². The Morgan fingerprint density at radius 1 is 0.771 bits per heavy atom. The van der Waals surface area contributed by atoms with Crippen LogP contribution in [-0.4, -0.2) is 29.8 Å². The van der Waals surface area contributed by atoms with Crippen molar-refractivity contribution in [2.75, 3.05) is 13.2 Å². The first-order valence-electron chi connectivity index (χ1n) is 17.2. The first-order valence-corrected chi connectivity index (χ1v) is 23.0. The van der Waals surface area contributed by atoms with E-state index in [0.717, 1.165) is 32.5 Å². The van der Waals surface area contributed by atoms with Gasteiger partial charge in [0.05, 0.1) is 0 Å². The second-order valence-electron chi connectivity index (χ2n) is 15.1. The minimum atomic E-state index is -1.61. The smallest absolute Gasteiger partial charge is 0.419 e. The number of hydrogen-bond acceptors (Lipinski definition) is 2. The fraction of sp³-hybridized carbons (Fsp3) is 0.476. The minimum absolute atomic E-state index is 0. The summed E-state index contributed by atoms with van der Waals surface area (Å²) in [6, 6.07) is 21.0. The summed E-state index contributed by atoms with van der Waals surface area (Å²) in [7, 11) is -3.08. The quantitative estimate of drug-likeness (QED) is 0.128. The summed E-state index contributed by atoms with van der Waals surface area (Å²) in [5, 5.41) is 0.631. The van der Waals surface area contributed by atoms with Gasteiger partial charge in [-0.25, -0.2) is 0 Å². The number of unbranched alkanes of at least 4 members (excludes halogenated alkanes) is 1. The number of rotatable bonds is 13. The molecule has 2 aromatic rings. The molecule has 2 nitrogen and oxygen atoms in total. The van der Waals surface area contributed by atoms with E-state index < -0.39 is 16.6 Å². The first-order chi connectivity index (χ1) is 21.5. The predicted octanol–water partition coefficient (Wildman–Crippen LogP) is 7.18. The molecule has 0 spiro atoms. The number of allylic oxidation sites excluding steroid dienone is 6. The van der Waals surface area contributed by atoms with Crippen LogP contribution in [0.25, 0.3) is 6.08 Å². The molecule has 0 amide bonds. The van der Waals surface area contributed by atoms with Crippen LogP contribution in [0.15, 0.2) is 103 Å². The second-order valence-corrected chi connectivity index (χ2v) is 24.8. The molecule has 256 valence electrons. The van der Waals surface area contributed by atoms with Crippen LogP contribution in [0.3, 0.4) is 0 Å². The molecule has 1 atom stereocenters. The number of hydrogen-bond donors (Lipinski definition) is 0. The van der Waals surface area contributed by atoms with E-state index in [1.807, 2.05) is 36.4 Å². The van der Waals surface area contributed by atoms with Crippen LogP contribution in [-0.2, 0) is 8.85 Å². The van der Waals surface area contributed by atoms with E-state index in [2.05, 4.69) is 148 Å². The maximum Gasteiger partial charge on any atom is 1.00 e. The normalized spacial score (nSPS) is 14.2. The van der Waals surface area contributed by atoms with Crippen molar-refractivity contribution in [3.8, 4) is 0 Å². The zero-order chi connectivity index (χ0) is 34.7. The Labute approximate surface area is 324 Å². The zero-order valence-electron chi connectivity index (χ0n) is 33.1. The van der Waals surface area contributed by atoms with Crippen molar-refractivity contribution in [1.82, 2.24) is 0 Å². The van der Waals surface area contributed by atoms with Crippen molar-refractivity contribution in [2.24, 2.45) is 0 Å². The summed E-state index contributed by atoms with van der Waals surface area (Å²) in [5.74, 6) is 0.583. The summed E-state index contributed by atoms with van der Waals surface area (Å²) in [4.78, 5) is 0. The van der Waals surface area contributed by atoms with E-state index >= 15 is 0 Å². The molecule has 0 fully saturated rings. The van der Waals surface area contributed by atoms with Gasteiger partial charge in [0, 0.05) is 13.2 Å². The van der Waals surface area contributed by atoms with Gasteiger partial charge >= 0.3 is 37.7 Å². The predicted molar refractivity (Wildman–Crippen MR) is 211 cm³/mol. The van der Waals surface area contributed by atoms with Gasteiger partial charge in [-0.3, -0.25) is 0 Å². The van der Waals surface area contributed by atoms with Crippen LogP contribution in [0.5, 0.6) is 0 Å². The molecule has 3 rings (SSSR count). The Hall–Kier alpha value is -1.18. The van der Waals surface area contributed by atoms with Gasteiger partial charge in [-0.1, -0.05) is 128 Å². The van der Waals surface area contributed by atoms with Crippen molar-refractivity contribution in [2.45, 2.75) is 116 Å². The third kappa shape index (κ3) is 19.9. The van der Waals surface area contributed by atoms with Crippen molar-refractivity contribution < 1.29 is 46.6 Å². The Kier molecular flexibility index (Phi) is 25.4. The van der Waals surface area contributed by atoms with Gasteiger partial charge in [-0.05, 0) is 66.2 Å². The molecule has 1 unspecified atom stereocenters. The summed E-state index contributed by atoms with van der Waals surface area (Å²) in [6.07, 6.45) is 20.5. The van der Waals surface area contributed by atoms with Crippen LogP contribution in [0.2, 0.25) is 36.3 Å². The molecule has 0 heterocycles. The van der Waals surface area contributed by atoms with E-state index in [9.17, 15) is 0 Å². The maximum absolute atomic E-state index is 6.34. The molecular formula is C42H66Li2O2Si2. The van der Waals surface area contributed by atoms with Crippen molar-refractivity contribution >= 4 is 22.7 Å². The van der Waals surface area contributed by atoms with E-state index in [0.29, 0.717) is 16.0 Å². The van der Waals surface area contributed by atoms with Gasteiger partial charge < -0.3 is 15.8 Å². The molecule has 0 N–H and O–H groups in total. The van der Waals surface area contributed by atoms with Crippen molar-refractivity contribution in [3.05, 3.63) is 128 Å². The fourth-order valence-electron chi connectivity index (χ4n) is 4.18. The Balaban J connectivity index is 0. The van der Waals surface area contributed by atoms with E-state index in [1.165, 1.54) is 29.5 Å². The zero-order valence-corrected chi connectivity index (χ0v) is 35.1. The molecule has 0 aromatic heterocycles. The Bertz CT molecular complexity index is 1190. The molecule has 48 heavy (non-hydrogen) atoms. The number of benzene rings is 2. The third-order valence-corrected chi connectivity index (χ3v) is 18.4. The molecule has 0 bridgehead atoms. The molecule has 6 heteroatoms. The van der Waals surface area contributed by atoms with Gasteiger partial charge in [-0.15, -0.1) is 30.7 Å². The first kappa shape index (κ1) is 48.9. The van der Waals surface area contributed by atoms with Gasteiger partial charge in [0.25, 0.3) is 0 Å².